The summed E-state index contributed by atoms with van der Waals surface area (Å²) in [6, 6.07) is 0. The van der Waals surface area contributed by atoms with E-state index < -0.39 is 27.0 Å². The Morgan fingerprint density at radius 2 is 1.62 bits per heavy atom. The van der Waals surface area contributed by atoms with Gasteiger partial charge in [-0.05, 0) is 0 Å². The van der Waals surface area contributed by atoms with E-state index in [4.69, 9.17) is 0 Å². The zero-order valence-electron chi connectivity index (χ0n) is 3.16. The molecule has 0 aromatic heterocycles. The van der Waals surface area contributed by atoms with Crippen molar-refractivity contribution in [2.24, 2.45) is 0 Å². The summed E-state index contributed by atoms with van der Waals surface area (Å²) < 4.78 is 51.1. The van der Waals surface area contributed by atoms with Crippen molar-refractivity contribution in [3.05, 3.63) is 0 Å². The Kier molecular flexibility index (Phi) is 2.65. The fraction of sp³-hybridized carbons (Fsp3) is 1.00. The van der Waals surface area contributed by atoms with Crippen molar-refractivity contribution >= 4 is 8.63 Å². The monoisotopic (exact) mass is 196 g/mol. The van der Waals surface area contributed by atoms with Gasteiger partial charge in [-0.15, -0.1) is 0 Å². The molecule has 0 N–H and O–H groups in total. The third kappa shape index (κ3) is 6.13. The fourth-order valence-corrected chi connectivity index (χ4v) is 0.705. The molecule has 0 aliphatic rings. The Hall–Kier alpha value is 0.129. The summed E-state index contributed by atoms with van der Waals surface area (Å²) in [4.78, 5) is 0. The van der Waals surface area contributed by atoms with Crippen LogP contribution in [0.25, 0.3) is 0 Å². The molecular formula is CCuF3O2S. The van der Waals surface area contributed by atoms with Crippen LogP contribution in [-0.2, 0) is 22.0 Å². The summed E-state index contributed by atoms with van der Waals surface area (Å²) in [5.74, 6) is 0. The van der Waals surface area contributed by atoms with Gasteiger partial charge in [0.1, 0.15) is 0 Å². The molecule has 0 aliphatic carbocycles. The Labute approximate surface area is 49.2 Å². The molecule has 0 heterocycles. The van der Waals surface area contributed by atoms with Crippen LogP contribution in [0.1, 0.15) is 0 Å². The van der Waals surface area contributed by atoms with Gasteiger partial charge in [0.05, 0.1) is 0 Å². The molecule has 0 amide bonds. The minimum atomic E-state index is -4.68. The number of alkyl halides is 3. The second-order valence-electron chi connectivity index (χ2n) is 0.615. The average molecular weight is 197 g/mol. The Morgan fingerprint density at radius 1 is 1.25 bits per heavy atom. The summed E-state index contributed by atoms with van der Waals surface area (Å²) in [5, 5.41) is -4.68. The van der Waals surface area contributed by atoms with Gasteiger partial charge in [0.15, 0.2) is 0 Å². The quantitative estimate of drug-likeness (QED) is 0.525. The van der Waals surface area contributed by atoms with E-state index in [1.807, 2.05) is 0 Å². The molecule has 0 aromatic carbocycles. The molecule has 0 bridgehead atoms. The van der Waals surface area contributed by atoms with E-state index in [2.05, 4.69) is 0 Å². The van der Waals surface area contributed by atoms with Gasteiger partial charge in [-0.25, -0.2) is 0 Å². The molecular weight excluding hydrogens is 197 g/mol. The van der Waals surface area contributed by atoms with E-state index in [0.29, 0.717) is 0 Å². The first-order valence-corrected chi connectivity index (χ1v) is 3.71. The van der Waals surface area contributed by atoms with Gasteiger partial charge in [0.25, 0.3) is 0 Å². The summed E-state index contributed by atoms with van der Waals surface area (Å²) >= 11 is -0.986. The van der Waals surface area contributed by atoms with Crippen molar-refractivity contribution in [3.63, 3.8) is 0 Å². The van der Waals surface area contributed by atoms with Crippen molar-refractivity contribution < 1.29 is 34.9 Å². The predicted octanol–water partition coefficient (Wildman–Crippen LogP) is 0.383. The molecule has 0 atom stereocenters. The van der Waals surface area contributed by atoms with Crippen molar-refractivity contribution in [2.45, 2.75) is 5.07 Å². The third-order valence-electron chi connectivity index (χ3n) is 0.120. The maximum absolute atomic E-state index is 10.9. The van der Waals surface area contributed by atoms with Crippen LogP contribution in [0, 0.1) is 0 Å². The molecule has 0 aromatic rings. The molecule has 8 heavy (non-hydrogen) atoms. The number of rotatable bonds is 0. The zero-order valence-corrected chi connectivity index (χ0v) is 4.92. The van der Waals surface area contributed by atoms with Gasteiger partial charge in [0, 0.05) is 0 Å². The number of halogens is 3. The summed E-state index contributed by atoms with van der Waals surface area (Å²) in [6.07, 6.45) is 0. The first-order valence-electron chi connectivity index (χ1n) is 1.17. The number of hydrogen-bond donors (Lipinski definition) is 0. The van der Waals surface area contributed by atoms with Gasteiger partial charge in [-0.3, -0.25) is 0 Å². The van der Waals surface area contributed by atoms with Crippen LogP contribution in [0.4, 0.5) is 13.2 Å². The molecule has 0 saturated carbocycles. The molecule has 0 fully saturated rings. The first-order chi connectivity index (χ1) is 3.42. The first kappa shape index (κ1) is 8.13. The summed E-state index contributed by atoms with van der Waals surface area (Å²) in [7, 11) is -3.10. The van der Waals surface area contributed by atoms with Crippen molar-refractivity contribution in [2.75, 3.05) is 0 Å². The van der Waals surface area contributed by atoms with Gasteiger partial charge in [-0.2, -0.15) is 0 Å². The van der Waals surface area contributed by atoms with Crippen LogP contribution in [-0.4, -0.2) is 13.5 Å². The average Bonchev–Trinajstić information content (AvgIpc) is 1.21. The van der Waals surface area contributed by atoms with Gasteiger partial charge >= 0.3 is 48.6 Å². The molecule has 0 aliphatic heterocycles. The minimum absolute atomic E-state index is 0.986. The molecule has 0 unspecified atom stereocenters. The van der Waals surface area contributed by atoms with E-state index in [9.17, 15) is 21.6 Å². The molecule has 0 rings (SSSR count). The van der Waals surface area contributed by atoms with Crippen LogP contribution in [0.3, 0.4) is 0 Å². The van der Waals surface area contributed by atoms with E-state index in [-0.39, 0.29) is 0 Å². The molecule has 0 radical (unpaired) electrons. The number of hydrogen-bond acceptors (Lipinski definition) is 2. The summed E-state index contributed by atoms with van der Waals surface area (Å²) in [5.41, 5.74) is 0. The van der Waals surface area contributed by atoms with Crippen LogP contribution in [0.2, 0.25) is 0 Å². The molecule has 2 nitrogen and oxygen atoms in total. The standard InChI is InChI=1S/CF3.Cu.O2S/c2-1(3)4;;1-3-2. The molecule has 54 valence electrons. The summed E-state index contributed by atoms with van der Waals surface area (Å²) in [6.45, 7) is 0. The van der Waals surface area contributed by atoms with E-state index >= 15 is 0 Å². The van der Waals surface area contributed by atoms with Crippen LogP contribution in [0.15, 0.2) is 0 Å². The van der Waals surface area contributed by atoms with Crippen LogP contribution >= 0.6 is 0 Å². The van der Waals surface area contributed by atoms with Crippen molar-refractivity contribution in [1.82, 2.24) is 0 Å². The van der Waals surface area contributed by atoms with Crippen molar-refractivity contribution in [1.29, 1.82) is 0 Å². The second-order valence-corrected chi connectivity index (χ2v) is 3.13. The zero-order chi connectivity index (χ0) is 6.78. The normalized spacial score (nSPS) is 11.9. The van der Waals surface area contributed by atoms with E-state index in [1.54, 1.807) is 0 Å². The van der Waals surface area contributed by atoms with E-state index in [0.717, 1.165) is 0 Å². The van der Waals surface area contributed by atoms with Gasteiger partial charge in [-0.1, -0.05) is 0 Å². The SMILES string of the molecule is O=[S](=O)=[Cu][C](F)(F)F. The third-order valence-corrected chi connectivity index (χ3v) is 1.48. The topological polar surface area (TPSA) is 34.1 Å². The Morgan fingerprint density at radius 3 is 1.62 bits per heavy atom. The fourth-order valence-electron chi connectivity index (χ4n) is 0.0570. The van der Waals surface area contributed by atoms with Gasteiger partial charge < -0.3 is 0 Å². The molecule has 0 spiro atoms. The predicted molar refractivity (Wildman–Crippen MR) is 15.0 cm³/mol. The molecule has 0 saturated heterocycles. The second kappa shape index (κ2) is 2.61. The van der Waals surface area contributed by atoms with Crippen molar-refractivity contribution in [3.8, 4) is 0 Å². The Balaban J connectivity index is 4.34. The molecule has 7 heteroatoms. The maximum atomic E-state index is 10.9. The van der Waals surface area contributed by atoms with Crippen LogP contribution in [0.5, 0.6) is 0 Å². The van der Waals surface area contributed by atoms with E-state index in [1.165, 1.54) is 0 Å². The van der Waals surface area contributed by atoms with Crippen LogP contribution < -0.4 is 0 Å². The van der Waals surface area contributed by atoms with Gasteiger partial charge in [0.2, 0.25) is 0 Å². The Bertz CT molecular complexity index is 180.